The number of hydrogen-bond acceptors (Lipinski definition) is 3. The molecule has 0 saturated heterocycles. The maximum absolute atomic E-state index is 13.3. The minimum Gasteiger partial charge on any atom is -0.464 e. The highest BCUT2D eigenvalue weighted by molar-refractivity contribution is 6.30. The Kier molecular flexibility index (Phi) is 8.28. The first kappa shape index (κ1) is 23.4. The van der Waals surface area contributed by atoms with Gasteiger partial charge >= 0.3 is 0 Å². The number of amides is 2. The quantitative estimate of drug-likeness (QED) is 0.402. The highest BCUT2D eigenvalue weighted by Crippen LogP contribution is 2.14. The molecule has 0 spiro atoms. The standard InChI is InChI=1S/C26H27ClN2O3/c1-3-16-29(26(31)22-10-12-23(27)13-11-22)19-25(30)28(18-24-14-9-20(2)32-24)17-15-21-7-5-4-6-8-21/h3-14H,1,15-19H2,2H3. The third-order valence-corrected chi connectivity index (χ3v) is 5.31. The Labute approximate surface area is 193 Å². The summed E-state index contributed by atoms with van der Waals surface area (Å²) >= 11 is 5.94. The van der Waals surface area contributed by atoms with Gasteiger partial charge in [0.15, 0.2) is 0 Å². The molecule has 0 fully saturated rings. The lowest BCUT2D eigenvalue weighted by atomic mass is 10.1. The van der Waals surface area contributed by atoms with Crippen molar-refractivity contribution in [3.05, 3.63) is 107 Å². The minimum absolute atomic E-state index is 0.0536. The lowest BCUT2D eigenvalue weighted by Gasteiger charge is -2.27. The second kappa shape index (κ2) is 11.3. The van der Waals surface area contributed by atoms with Gasteiger partial charge in [-0.15, -0.1) is 6.58 Å². The topological polar surface area (TPSA) is 53.8 Å². The summed E-state index contributed by atoms with van der Waals surface area (Å²) in [6.45, 7) is 6.67. The number of nitrogens with zero attached hydrogens (tertiary/aromatic N) is 2. The van der Waals surface area contributed by atoms with E-state index in [4.69, 9.17) is 16.0 Å². The zero-order chi connectivity index (χ0) is 22.9. The Morgan fingerprint density at radius 3 is 2.34 bits per heavy atom. The van der Waals surface area contributed by atoms with Gasteiger partial charge in [0.1, 0.15) is 18.1 Å². The first-order valence-electron chi connectivity index (χ1n) is 10.5. The number of benzene rings is 2. The van der Waals surface area contributed by atoms with Gasteiger partial charge in [-0.2, -0.15) is 0 Å². The molecular formula is C26H27ClN2O3. The normalized spacial score (nSPS) is 10.6. The Balaban J connectivity index is 1.75. The van der Waals surface area contributed by atoms with Gasteiger partial charge in [-0.3, -0.25) is 9.59 Å². The zero-order valence-corrected chi connectivity index (χ0v) is 18.9. The van der Waals surface area contributed by atoms with Gasteiger partial charge in [0.05, 0.1) is 6.54 Å². The van der Waals surface area contributed by atoms with Crippen LogP contribution in [0.5, 0.6) is 0 Å². The molecule has 6 heteroatoms. The molecular weight excluding hydrogens is 424 g/mol. The van der Waals surface area contributed by atoms with E-state index < -0.39 is 0 Å². The first-order valence-corrected chi connectivity index (χ1v) is 10.9. The summed E-state index contributed by atoms with van der Waals surface area (Å²) in [5.74, 6) is 1.11. The van der Waals surface area contributed by atoms with Crippen molar-refractivity contribution >= 4 is 23.4 Å². The average Bonchev–Trinajstić information content (AvgIpc) is 3.21. The molecule has 0 aliphatic heterocycles. The van der Waals surface area contributed by atoms with E-state index in [2.05, 4.69) is 6.58 Å². The summed E-state index contributed by atoms with van der Waals surface area (Å²) in [4.78, 5) is 29.5. The van der Waals surface area contributed by atoms with Crippen molar-refractivity contribution in [2.45, 2.75) is 19.9 Å². The highest BCUT2D eigenvalue weighted by atomic mass is 35.5. The van der Waals surface area contributed by atoms with Crippen LogP contribution < -0.4 is 0 Å². The van der Waals surface area contributed by atoms with Crippen LogP contribution in [0.3, 0.4) is 0 Å². The number of furan rings is 1. The number of carbonyl (C=O) groups excluding carboxylic acids is 2. The van der Waals surface area contributed by atoms with Crippen LogP contribution in [0.2, 0.25) is 5.02 Å². The van der Waals surface area contributed by atoms with Crippen molar-refractivity contribution in [2.24, 2.45) is 0 Å². The molecule has 3 rings (SSSR count). The molecule has 3 aromatic rings. The molecule has 0 atom stereocenters. The van der Waals surface area contributed by atoms with Crippen LogP contribution in [0, 0.1) is 6.92 Å². The summed E-state index contributed by atoms with van der Waals surface area (Å²) in [7, 11) is 0. The minimum atomic E-state index is -0.244. The van der Waals surface area contributed by atoms with Crippen LogP contribution in [0.25, 0.3) is 0 Å². The van der Waals surface area contributed by atoms with Crippen molar-refractivity contribution in [1.82, 2.24) is 9.80 Å². The van der Waals surface area contributed by atoms with E-state index in [9.17, 15) is 9.59 Å². The van der Waals surface area contributed by atoms with Gasteiger partial charge in [0, 0.05) is 23.7 Å². The van der Waals surface area contributed by atoms with Crippen molar-refractivity contribution in [1.29, 1.82) is 0 Å². The van der Waals surface area contributed by atoms with Gasteiger partial charge in [0.25, 0.3) is 5.91 Å². The number of aryl methyl sites for hydroxylation is 1. The molecule has 2 aromatic carbocycles. The van der Waals surface area contributed by atoms with Gasteiger partial charge < -0.3 is 14.2 Å². The Bertz CT molecular complexity index is 1040. The maximum Gasteiger partial charge on any atom is 0.254 e. The number of carbonyl (C=O) groups is 2. The average molecular weight is 451 g/mol. The van der Waals surface area contributed by atoms with Crippen LogP contribution in [0.15, 0.2) is 83.8 Å². The molecule has 1 aromatic heterocycles. The Hall–Kier alpha value is -3.31. The SMILES string of the molecule is C=CCN(CC(=O)N(CCc1ccccc1)Cc1ccc(C)o1)C(=O)c1ccc(Cl)cc1. The van der Waals surface area contributed by atoms with Crippen LogP contribution in [-0.4, -0.2) is 41.2 Å². The molecule has 0 unspecified atom stereocenters. The van der Waals surface area contributed by atoms with Crippen molar-refractivity contribution < 1.29 is 14.0 Å². The molecule has 0 N–H and O–H groups in total. The fourth-order valence-corrected chi connectivity index (χ4v) is 3.50. The second-order valence-electron chi connectivity index (χ2n) is 7.54. The highest BCUT2D eigenvalue weighted by Gasteiger charge is 2.22. The molecule has 0 radical (unpaired) electrons. The third kappa shape index (κ3) is 6.59. The van der Waals surface area contributed by atoms with E-state index in [1.165, 1.54) is 4.90 Å². The van der Waals surface area contributed by atoms with Crippen molar-refractivity contribution in [3.63, 3.8) is 0 Å². The lowest BCUT2D eigenvalue weighted by Crippen LogP contribution is -2.43. The molecule has 0 saturated carbocycles. The van der Waals surface area contributed by atoms with Gasteiger partial charge in [0.2, 0.25) is 5.91 Å². The molecule has 2 amide bonds. The summed E-state index contributed by atoms with van der Waals surface area (Å²) in [5.41, 5.74) is 1.61. The van der Waals surface area contributed by atoms with E-state index in [-0.39, 0.29) is 24.9 Å². The van der Waals surface area contributed by atoms with E-state index in [1.807, 2.05) is 49.4 Å². The van der Waals surface area contributed by atoms with Crippen LogP contribution >= 0.6 is 11.6 Å². The molecule has 1 heterocycles. The van der Waals surface area contributed by atoms with Gasteiger partial charge in [-0.05, 0) is 55.3 Å². The van der Waals surface area contributed by atoms with Gasteiger partial charge in [-0.1, -0.05) is 48.0 Å². The predicted molar refractivity (Wildman–Crippen MR) is 127 cm³/mol. The molecule has 0 bridgehead atoms. The molecule has 5 nitrogen and oxygen atoms in total. The lowest BCUT2D eigenvalue weighted by molar-refractivity contribution is -0.132. The molecule has 166 valence electrons. The molecule has 0 aliphatic carbocycles. The molecule has 32 heavy (non-hydrogen) atoms. The summed E-state index contributed by atoms with van der Waals surface area (Å²) in [6.07, 6.45) is 2.32. The zero-order valence-electron chi connectivity index (χ0n) is 18.2. The van der Waals surface area contributed by atoms with E-state index >= 15 is 0 Å². The number of rotatable bonds is 10. The van der Waals surface area contributed by atoms with Crippen LogP contribution in [0.4, 0.5) is 0 Å². The summed E-state index contributed by atoms with van der Waals surface area (Å²) in [6, 6.07) is 20.4. The fraction of sp³-hybridized carbons (Fsp3) is 0.231. The van der Waals surface area contributed by atoms with Crippen molar-refractivity contribution in [3.8, 4) is 0 Å². The van der Waals surface area contributed by atoms with E-state index in [1.54, 1.807) is 35.2 Å². The van der Waals surface area contributed by atoms with E-state index in [0.717, 1.165) is 11.3 Å². The smallest absolute Gasteiger partial charge is 0.254 e. The predicted octanol–water partition coefficient (Wildman–Crippen LogP) is 5.14. The Morgan fingerprint density at radius 2 is 1.72 bits per heavy atom. The number of hydrogen-bond donors (Lipinski definition) is 0. The second-order valence-corrected chi connectivity index (χ2v) is 7.98. The van der Waals surface area contributed by atoms with Gasteiger partial charge in [-0.25, -0.2) is 0 Å². The summed E-state index contributed by atoms with van der Waals surface area (Å²) in [5, 5.41) is 0.550. The van der Waals surface area contributed by atoms with Crippen molar-refractivity contribution in [2.75, 3.05) is 19.6 Å². The number of halogens is 1. The third-order valence-electron chi connectivity index (χ3n) is 5.06. The Morgan fingerprint density at radius 1 is 1.00 bits per heavy atom. The summed E-state index contributed by atoms with van der Waals surface area (Å²) < 4.78 is 5.69. The first-order chi connectivity index (χ1) is 15.5. The monoisotopic (exact) mass is 450 g/mol. The molecule has 0 aliphatic rings. The van der Waals surface area contributed by atoms with Crippen LogP contribution in [-0.2, 0) is 17.8 Å². The fourth-order valence-electron chi connectivity index (χ4n) is 3.37. The largest absolute Gasteiger partial charge is 0.464 e. The van der Waals surface area contributed by atoms with E-state index in [0.29, 0.717) is 35.9 Å². The maximum atomic E-state index is 13.3. The van der Waals surface area contributed by atoms with Crippen LogP contribution in [0.1, 0.15) is 27.4 Å².